The van der Waals surface area contributed by atoms with Crippen LogP contribution in [0.15, 0.2) is 36.7 Å². The molecule has 2 atom stereocenters. The Balaban J connectivity index is 1.42. The summed E-state index contributed by atoms with van der Waals surface area (Å²) in [5, 5.41) is 0. The number of rotatable bonds is 3. The highest BCUT2D eigenvalue weighted by molar-refractivity contribution is 5.85. The Kier molecular flexibility index (Phi) is 3.56. The first-order chi connectivity index (χ1) is 11.2. The average molecular weight is 311 g/mol. The number of para-hydroxylation sites is 1. The molecule has 0 spiro atoms. The van der Waals surface area contributed by atoms with E-state index in [0.717, 1.165) is 43.1 Å². The summed E-state index contributed by atoms with van der Waals surface area (Å²) in [4.78, 5) is 19.0. The quantitative estimate of drug-likeness (QED) is 0.872. The zero-order valence-electron chi connectivity index (χ0n) is 13.3. The van der Waals surface area contributed by atoms with Crippen LogP contribution in [-0.4, -0.2) is 40.6 Å². The summed E-state index contributed by atoms with van der Waals surface area (Å²) in [5.74, 6) is 2.49. The first-order valence-electron chi connectivity index (χ1n) is 8.19. The third-order valence-corrected chi connectivity index (χ3v) is 4.94. The number of imidazole rings is 1. The maximum absolute atomic E-state index is 12.8. The van der Waals surface area contributed by atoms with E-state index < -0.39 is 0 Å². The fourth-order valence-electron chi connectivity index (χ4n) is 3.70. The number of hydrogen-bond acceptors (Lipinski definition) is 3. The normalized spacial score (nSPS) is 22.1. The van der Waals surface area contributed by atoms with Gasteiger partial charge >= 0.3 is 0 Å². The van der Waals surface area contributed by atoms with Crippen molar-refractivity contribution in [2.75, 3.05) is 20.2 Å². The number of hydrogen-bond donors (Lipinski definition) is 0. The van der Waals surface area contributed by atoms with Crippen LogP contribution in [0.2, 0.25) is 0 Å². The van der Waals surface area contributed by atoms with Crippen molar-refractivity contribution >= 4 is 5.91 Å². The lowest BCUT2D eigenvalue weighted by molar-refractivity contribution is -0.132. The molecule has 5 nitrogen and oxygen atoms in total. The average Bonchev–Trinajstić information content (AvgIpc) is 3.20. The summed E-state index contributed by atoms with van der Waals surface area (Å²) in [7, 11) is 1.91. The van der Waals surface area contributed by atoms with Crippen LogP contribution in [0.5, 0.6) is 5.75 Å². The van der Waals surface area contributed by atoms with Crippen molar-refractivity contribution in [2.24, 2.45) is 5.92 Å². The fraction of sp³-hybridized carbons (Fsp3) is 0.444. The minimum absolute atomic E-state index is 0.159. The Morgan fingerprint density at radius 3 is 3.22 bits per heavy atom. The van der Waals surface area contributed by atoms with Crippen molar-refractivity contribution in [3.8, 4) is 5.75 Å². The maximum atomic E-state index is 12.8. The second-order valence-electron chi connectivity index (χ2n) is 6.52. The Labute approximate surface area is 135 Å². The van der Waals surface area contributed by atoms with Crippen LogP contribution in [0, 0.1) is 5.92 Å². The van der Waals surface area contributed by atoms with Gasteiger partial charge in [0, 0.05) is 44.5 Å². The van der Waals surface area contributed by atoms with Crippen LogP contribution >= 0.6 is 0 Å². The van der Waals surface area contributed by atoms with E-state index in [4.69, 9.17) is 4.74 Å². The highest BCUT2D eigenvalue weighted by Crippen LogP contribution is 2.34. The largest absolute Gasteiger partial charge is 0.492 e. The van der Waals surface area contributed by atoms with Crippen molar-refractivity contribution < 1.29 is 9.53 Å². The fourth-order valence-corrected chi connectivity index (χ4v) is 3.70. The molecule has 0 aliphatic carbocycles. The maximum Gasteiger partial charge on any atom is 0.233 e. The Bertz CT molecular complexity index is 725. The van der Waals surface area contributed by atoms with E-state index in [1.807, 2.05) is 48.6 Å². The second kappa shape index (κ2) is 5.72. The molecule has 0 saturated carbocycles. The van der Waals surface area contributed by atoms with Crippen LogP contribution < -0.4 is 4.74 Å². The minimum atomic E-state index is -0.163. The summed E-state index contributed by atoms with van der Waals surface area (Å²) in [5.41, 5.74) is 1.02. The van der Waals surface area contributed by atoms with Gasteiger partial charge in [-0.3, -0.25) is 4.79 Å². The zero-order chi connectivity index (χ0) is 15.8. The van der Waals surface area contributed by atoms with E-state index in [9.17, 15) is 4.79 Å². The van der Waals surface area contributed by atoms with Gasteiger partial charge in [-0.05, 0) is 18.4 Å². The molecule has 0 radical (unpaired) electrons. The number of aromatic nitrogens is 2. The molecule has 4 rings (SSSR count). The predicted octanol–water partition coefficient (Wildman–Crippen LogP) is 2.08. The van der Waals surface area contributed by atoms with Crippen LogP contribution in [0.4, 0.5) is 0 Å². The number of nitrogens with zero attached hydrogens (tertiary/aromatic N) is 3. The van der Waals surface area contributed by atoms with Gasteiger partial charge in [0.25, 0.3) is 0 Å². The highest BCUT2D eigenvalue weighted by Gasteiger charge is 2.33. The monoisotopic (exact) mass is 311 g/mol. The zero-order valence-corrected chi connectivity index (χ0v) is 13.3. The Morgan fingerprint density at radius 1 is 1.43 bits per heavy atom. The first-order valence-corrected chi connectivity index (χ1v) is 8.19. The molecule has 1 aromatic carbocycles. The Morgan fingerprint density at radius 2 is 2.30 bits per heavy atom. The highest BCUT2D eigenvalue weighted by atomic mass is 16.5. The summed E-state index contributed by atoms with van der Waals surface area (Å²) in [6.07, 6.45) is 5.98. The second-order valence-corrected chi connectivity index (χ2v) is 6.52. The lowest BCUT2D eigenvalue weighted by Gasteiger charge is -2.29. The number of aryl methyl sites for hydroxylation is 1. The molecule has 2 aliphatic rings. The number of fused-ring (bicyclic) bond motifs is 2. The van der Waals surface area contributed by atoms with Crippen molar-refractivity contribution in [1.29, 1.82) is 0 Å². The lowest BCUT2D eigenvalue weighted by Crippen LogP contribution is -2.38. The predicted molar refractivity (Wildman–Crippen MR) is 86.4 cm³/mol. The summed E-state index contributed by atoms with van der Waals surface area (Å²) in [6, 6.07) is 7.84. The molecule has 5 heteroatoms. The van der Waals surface area contributed by atoms with Crippen LogP contribution in [0.3, 0.4) is 0 Å². The molecular formula is C18H21N3O2. The number of amides is 1. The number of likely N-dealkylation sites (N-methyl/N-ethyl adjacent to an activating group) is 1. The third kappa shape index (κ3) is 2.60. The summed E-state index contributed by atoms with van der Waals surface area (Å²) >= 11 is 0. The van der Waals surface area contributed by atoms with Crippen LogP contribution in [-0.2, 0) is 17.8 Å². The van der Waals surface area contributed by atoms with Gasteiger partial charge in [-0.1, -0.05) is 18.2 Å². The molecule has 0 saturated heterocycles. The van der Waals surface area contributed by atoms with Crippen LogP contribution in [0.1, 0.15) is 23.7 Å². The molecule has 3 heterocycles. The summed E-state index contributed by atoms with van der Waals surface area (Å²) in [6.45, 7) is 2.19. The smallest absolute Gasteiger partial charge is 0.233 e. The van der Waals surface area contributed by atoms with Gasteiger partial charge in [0.1, 0.15) is 24.1 Å². The van der Waals surface area contributed by atoms with Crippen molar-refractivity contribution in [3.63, 3.8) is 0 Å². The SMILES string of the molecule is CN(C[C@H]1CCc2nccn2C1)C(=O)[C@H]1COc2ccccc21. The van der Waals surface area contributed by atoms with Crippen LogP contribution in [0.25, 0.3) is 0 Å². The molecule has 0 N–H and O–H groups in total. The summed E-state index contributed by atoms with van der Waals surface area (Å²) < 4.78 is 7.86. The van der Waals surface area contributed by atoms with Crippen molar-refractivity contribution in [3.05, 3.63) is 48.0 Å². The van der Waals surface area contributed by atoms with E-state index in [1.54, 1.807) is 0 Å². The molecule has 1 aromatic heterocycles. The number of benzene rings is 1. The van der Waals surface area contributed by atoms with Gasteiger partial charge in [0.05, 0.1) is 0 Å². The lowest BCUT2D eigenvalue weighted by atomic mass is 9.96. The third-order valence-electron chi connectivity index (χ3n) is 4.94. The van der Waals surface area contributed by atoms with Gasteiger partial charge in [0.15, 0.2) is 0 Å². The molecule has 0 bridgehead atoms. The van der Waals surface area contributed by atoms with E-state index in [1.165, 1.54) is 0 Å². The van der Waals surface area contributed by atoms with Gasteiger partial charge in [-0.25, -0.2) is 4.98 Å². The molecule has 120 valence electrons. The van der Waals surface area contributed by atoms with Crippen molar-refractivity contribution in [1.82, 2.24) is 14.5 Å². The molecule has 2 aromatic rings. The topological polar surface area (TPSA) is 47.4 Å². The van der Waals surface area contributed by atoms with E-state index in [-0.39, 0.29) is 11.8 Å². The van der Waals surface area contributed by atoms with Crippen molar-refractivity contribution in [2.45, 2.75) is 25.3 Å². The standard InChI is InChI=1S/C18H21N3O2/c1-20(10-13-6-7-17-19-8-9-21(17)11-13)18(22)15-12-23-16-5-3-2-4-14(15)16/h2-5,8-9,13,15H,6-7,10-12H2,1H3/t13-,15+/m1/s1. The van der Waals surface area contributed by atoms with E-state index in [0.29, 0.717) is 12.5 Å². The molecule has 0 fully saturated rings. The molecule has 1 amide bonds. The van der Waals surface area contributed by atoms with Gasteiger partial charge in [-0.2, -0.15) is 0 Å². The Hall–Kier alpha value is -2.30. The minimum Gasteiger partial charge on any atom is -0.492 e. The van der Waals surface area contributed by atoms with Gasteiger partial charge < -0.3 is 14.2 Å². The first kappa shape index (κ1) is 14.3. The molecular weight excluding hydrogens is 290 g/mol. The number of ether oxygens (including phenoxy) is 1. The molecule has 0 unspecified atom stereocenters. The van der Waals surface area contributed by atoms with E-state index in [2.05, 4.69) is 9.55 Å². The van der Waals surface area contributed by atoms with Gasteiger partial charge in [-0.15, -0.1) is 0 Å². The number of carbonyl (C=O) groups is 1. The molecule has 23 heavy (non-hydrogen) atoms. The van der Waals surface area contributed by atoms with E-state index >= 15 is 0 Å². The van der Waals surface area contributed by atoms with Gasteiger partial charge in [0.2, 0.25) is 5.91 Å². The molecule has 2 aliphatic heterocycles. The number of carbonyl (C=O) groups excluding carboxylic acids is 1.